The SMILES string of the molecule is CC(C)(C)/C=C/CCCC(C)(C)C(C)(C)C.CC(C)(C)/C=C/COCC(C)(C)C.CC(C)(C)CCC/C=C/C1(C(C)(C)C)CC1.C[C@@H](/C=C/CCCC(C)(C)C)C(C)(C)C. The molecule has 1 atom stereocenters. The fourth-order valence-electron chi connectivity index (χ4n) is 6.01. The number of allylic oxidation sites excluding steroid dienone is 7. The lowest BCUT2D eigenvalue weighted by Gasteiger charge is -2.39. The van der Waals surface area contributed by atoms with Gasteiger partial charge in [-0.3, -0.25) is 0 Å². The second-order valence-electron chi connectivity index (χ2n) is 28.4. The van der Waals surface area contributed by atoms with Gasteiger partial charge in [0.05, 0.1) is 13.2 Å². The van der Waals surface area contributed by atoms with Gasteiger partial charge in [0, 0.05) is 0 Å². The van der Waals surface area contributed by atoms with Crippen LogP contribution in [0.4, 0.5) is 0 Å². The fraction of sp³-hybridized carbons (Fsp3) is 0.864. The topological polar surface area (TPSA) is 9.23 Å². The van der Waals surface area contributed by atoms with Crippen LogP contribution in [-0.4, -0.2) is 13.2 Å². The Kier molecular flexibility index (Phi) is 28.1. The first-order chi connectivity index (χ1) is 26.5. The normalized spacial score (nSPS) is 16.4. The van der Waals surface area contributed by atoms with Gasteiger partial charge in [-0.25, -0.2) is 0 Å². The van der Waals surface area contributed by atoms with E-state index in [1.807, 2.05) is 0 Å². The first kappa shape index (κ1) is 63.2. The van der Waals surface area contributed by atoms with Gasteiger partial charge in [0.25, 0.3) is 0 Å². The lowest BCUT2D eigenvalue weighted by molar-refractivity contribution is 0.0906. The molecule has 0 unspecified atom stereocenters. The highest BCUT2D eigenvalue weighted by molar-refractivity contribution is 5.14. The first-order valence-electron chi connectivity index (χ1n) is 24.7. The second kappa shape index (κ2) is 26.6. The molecule has 0 bridgehead atoms. The minimum atomic E-state index is 0.269. The van der Waals surface area contributed by atoms with Crippen LogP contribution >= 0.6 is 0 Å². The van der Waals surface area contributed by atoms with Crippen LogP contribution in [0.15, 0.2) is 48.6 Å². The molecular formula is C59H116O. The molecular weight excluding hydrogens is 725 g/mol. The summed E-state index contributed by atoms with van der Waals surface area (Å²) in [5.74, 6) is 0.673. The van der Waals surface area contributed by atoms with Gasteiger partial charge in [-0.05, 0) is 131 Å². The van der Waals surface area contributed by atoms with E-state index in [1.165, 1.54) is 70.6 Å². The molecule has 0 aromatic carbocycles. The predicted molar refractivity (Wildman–Crippen MR) is 279 cm³/mol. The molecule has 0 saturated heterocycles. The molecule has 0 aromatic rings. The lowest BCUT2D eigenvalue weighted by Crippen LogP contribution is -2.29. The molecule has 0 N–H and O–H groups in total. The van der Waals surface area contributed by atoms with Crippen molar-refractivity contribution in [1.82, 2.24) is 0 Å². The van der Waals surface area contributed by atoms with Gasteiger partial charge in [-0.2, -0.15) is 0 Å². The largest absolute Gasteiger partial charge is 0.377 e. The molecule has 358 valence electrons. The van der Waals surface area contributed by atoms with Crippen molar-refractivity contribution in [1.29, 1.82) is 0 Å². The number of rotatable bonds is 15. The van der Waals surface area contributed by atoms with Crippen LogP contribution in [0.25, 0.3) is 0 Å². The average molecular weight is 842 g/mol. The van der Waals surface area contributed by atoms with E-state index in [0.29, 0.717) is 49.2 Å². The minimum Gasteiger partial charge on any atom is -0.377 e. The van der Waals surface area contributed by atoms with Gasteiger partial charge >= 0.3 is 0 Å². The van der Waals surface area contributed by atoms with Gasteiger partial charge in [-0.1, -0.05) is 236 Å². The number of hydrogen-bond donors (Lipinski definition) is 0. The molecule has 0 aromatic heterocycles. The monoisotopic (exact) mass is 841 g/mol. The summed E-state index contributed by atoms with van der Waals surface area (Å²) in [6.45, 7) is 63.5. The third kappa shape index (κ3) is 39.7. The average Bonchev–Trinajstić information content (AvgIpc) is 3.79. The molecule has 0 spiro atoms. The summed E-state index contributed by atoms with van der Waals surface area (Å²) in [6.07, 6.45) is 33.1. The summed E-state index contributed by atoms with van der Waals surface area (Å²) < 4.78 is 5.51. The Morgan fingerprint density at radius 1 is 0.483 bits per heavy atom. The van der Waals surface area contributed by atoms with Crippen LogP contribution in [0.5, 0.6) is 0 Å². The number of ether oxygens (including phenoxy) is 1. The van der Waals surface area contributed by atoms with Crippen molar-refractivity contribution in [3.8, 4) is 0 Å². The molecule has 0 radical (unpaired) electrons. The van der Waals surface area contributed by atoms with E-state index in [9.17, 15) is 0 Å². The van der Waals surface area contributed by atoms with Crippen LogP contribution in [0.1, 0.15) is 258 Å². The van der Waals surface area contributed by atoms with Crippen molar-refractivity contribution >= 4 is 0 Å². The molecule has 1 saturated carbocycles. The summed E-state index contributed by atoms with van der Waals surface area (Å²) in [7, 11) is 0. The molecule has 1 heteroatoms. The van der Waals surface area contributed by atoms with E-state index in [0.717, 1.165) is 13.2 Å². The van der Waals surface area contributed by atoms with E-state index >= 15 is 0 Å². The highest BCUT2D eigenvalue weighted by atomic mass is 16.5. The fourth-order valence-corrected chi connectivity index (χ4v) is 6.01. The quantitative estimate of drug-likeness (QED) is 0.118. The van der Waals surface area contributed by atoms with Gasteiger partial charge in [0.15, 0.2) is 0 Å². The van der Waals surface area contributed by atoms with Gasteiger partial charge in [-0.15, -0.1) is 0 Å². The standard InChI is InChI=1S/C16H30.C16H32.C15H30.C12H24O/c1-14(2,3)10-8-7-9-11-16(12-13-16)15(4,5)6;1-14(2,3)12-10-9-11-13-16(7,8)15(4,5)6;1-13(15(5,6)7)11-9-8-10-12-14(2,3)4;1-11(2,3)8-7-9-13-10-12(4,5)6/h9,11H,7-8,10,12-13H2,1-6H3;10,12H,9,11,13H2,1-8H3;9,11,13H,8,10,12H2,1-7H3;7-8H,9-10H2,1-6H3/b11-9+;12-10+;11-9+;8-7+/t;;13-;/m..0./s1. The summed E-state index contributed by atoms with van der Waals surface area (Å²) in [4.78, 5) is 0. The number of hydrogen-bond acceptors (Lipinski definition) is 1. The van der Waals surface area contributed by atoms with Crippen LogP contribution < -0.4 is 0 Å². The van der Waals surface area contributed by atoms with Crippen molar-refractivity contribution in [3.05, 3.63) is 48.6 Å². The van der Waals surface area contributed by atoms with Crippen LogP contribution in [0.2, 0.25) is 0 Å². The number of unbranched alkanes of at least 4 members (excludes halogenated alkanes) is 3. The second-order valence-corrected chi connectivity index (χ2v) is 28.4. The molecule has 60 heavy (non-hydrogen) atoms. The van der Waals surface area contributed by atoms with Crippen LogP contribution in [-0.2, 0) is 4.74 Å². The predicted octanol–water partition coefficient (Wildman–Crippen LogP) is 20.5. The zero-order valence-electron chi connectivity index (χ0n) is 46.8. The molecule has 1 nitrogen and oxygen atoms in total. The van der Waals surface area contributed by atoms with E-state index in [2.05, 4.69) is 236 Å². The Morgan fingerprint density at radius 2 is 0.883 bits per heavy atom. The van der Waals surface area contributed by atoms with Crippen LogP contribution in [0, 0.1) is 60.1 Å². The highest BCUT2D eigenvalue weighted by Gasteiger charge is 2.49. The van der Waals surface area contributed by atoms with Crippen molar-refractivity contribution in [2.24, 2.45) is 60.1 Å². The summed E-state index contributed by atoms with van der Waals surface area (Å²) in [5.41, 5.74) is 4.09. The molecule has 1 fully saturated rings. The maximum Gasteiger partial charge on any atom is 0.0647 e. The molecule has 1 rings (SSSR count). The Hall–Kier alpha value is -1.08. The van der Waals surface area contributed by atoms with E-state index < -0.39 is 0 Å². The summed E-state index contributed by atoms with van der Waals surface area (Å²) in [5, 5.41) is 0. The van der Waals surface area contributed by atoms with E-state index in [4.69, 9.17) is 4.74 Å². The van der Waals surface area contributed by atoms with E-state index in [-0.39, 0.29) is 10.8 Å². The molecule has 1 aliphatic rings. The van der Waals surface area contributed by atoms with Crippen molar-refractivity contribution in [2.45, 2.75) is 258 Å². The molecule has 1 aliphatic carbocycles. The van der Waals surface area contributed by atoms with Gasteiger partial charge < -0.3 is 4.74 Å². The third-order valence-electron chi connectivity index (χ3n) is 12.3. The Labute approximate surface area is 382 Å². The minimum absolute atomic E-state index is 0.269. The van der Waals surface area contributed by atoms with Gasteiger partial charge in [0.1, 0.15) is 0 Å². The lowest BCUT2D eigenvalue weighted by atomic mass is 9.67. The van der Waals surface area contributed by atoms with Crippen molar-refractivity contribution < 1.29 is 4.74 Å². The van der Waals surface area contributed by atoms with Crippen molar-refractivity contribution in [2.75, 3.05) is 13.2 Å². The Morgan fingerprint density at radius 3 is 1.23 bits per heavy atom. The smallest absolute Gasteiger partial charge is 0.0647 e. The summed E-state index contributed by atoms with van der Waals surface area (Å²) >= 11 is 0. The van der Waals surface area contributed by atoms with Crippen LogP contribution in [0.3, 0.4) is 0 Å². The Bertz CT molecular complexity index is 1190. The third-order valence-corrected chi connectivity index (χ3v) is 12.3. The maximum atomic E-state index is 5.51. The first-order valence-corrected chi connectivity index (χ1v) is 24.7. The van der Waals surface area contributed by atoms with Crippen molar-refractivity contribution in [3.63, 3.8) is 0 Å². The maximum absolute atomic E-state index is 5.51. The highest BCUT2D eigenvalue weighted by Crippen LogP contribution is 2.59. The zero-order valence-corrected chi connectivity index (χ0v) is 46.8. The molecule has 0 heterocycles. The Balaban J connectivity index is -0.000000724. The zero-order chi connectivity index (χ0) is 48.1. The van der Waals surface area contributed by atoms with E-state index in [1.54, 1.807) is 0 Å². The summed E-state index contributed by atoms with van der Waals surface area (Å²) in [6, 6.07) is 0. The molecule has 0 amide bonds. The van der Waals surface area contributed by atoms with Gasteiger partial charge in [0.2, 0.25) is 0 Å². The molecule has 0 aliphatic heterocycles.